The van der Waals surface area contributed by atoms with Gasteiger partial charge in [-0.05, 0) is 67.9 Å². The molecule has 2 aliphatic heterocycles. The molecule has 35 heavy (non-hydrogen) atoms. The molecule has 0 bridgehead atoms. The van der Waals surface area contributed by atoms with E-state index >= 15 is 0 Å². The summed E-state index contributed by atoms with van der Waals surface area (Å²) in [5.41, 5.74) is 3.70. The first-order chi connectivity index (χ1) is 16.9. The summed E-state index contributed by atoms with van der Waals surface area (Å²) in [6, 6.07) is 13.4. The lowest BCUT2D eigenvalue weighted by atomic mass is 9.94. The molecule has 0 aliphatic carbocycles. The largest absolute Gasteiger partial charge is 0.494 e. The van der Waals surface area contributed by atoms with Crippen LogP contribution >= 0.6 is 12.2 Å². The van der Waals surface area contributed by atoms with Gasteiger partial charge in [0.15, 0.2) is 16.6 Å². The second-order valence-corrected chi connectivity index (χ2v) is 9.27. The van der Waals surface area contributed by atoms with Gasteiger partial charge in [-0.1, -0.05) is 31.1 Å². The van der Waals surface area contributed by atoms with E-state index in [1.807, 2.05) is 49.4 Å². The van der Waals surface area contributed by atoms with Crippen LogP contribution in [0.2, 0.25) is 0 Å². The van der Waals surface area contributed by atoms with Gasteiger partial charge in [-0.15, -0.1) is 0 Å². The Hall–Kier alpha value is -3.59. The Labute approximate surface area is 209 Å². The van der Waals surface area contributed by atoms with Crippen molar-refractivity contribution >= 4 is 22.9 Å². The Bertz CT molecular complexity index is 1270. The van der Waals surface area contributed by atoms with Gasteiger partial charge in [0.2, 0.25) is 12.6 Å². The van der Waals surface area contributed by atoms with E-state index in [1.54, 1.807) is 0 Å². The molecular formula is C26H28N4O4S. The second-order valence-electron chi connectivity index (χ2n) is 8.88. The molecule has 1 atom stereocenters. The number of benzene rings is 2. The molecule has 3 aromatic rings. The third kappa shape index (κ3) is 4.55. The maximum absolute atomic E-state index is 5.83. The molecule has 0 saturated heterocycles. The van der Waals surface area contributed by atoms with E-state index in [2.05, 4.69) is 36.1 Å². The van der Waals surface area contributed by atoms with Crippen molar-refractivity contribution in [3.8, 4) is 28.6 Å². The summed E-state index contributed by atoms with van der Waals surface area (Å²) >= 11 is 5.76. The van der Waals surface area contributed by atoms with Gasteiger partial charge in [0.1, 0.15) is 5.75 Å². The normalized spacial score (nSPS) is 17.2. The van der Waals surface area contributed by atoms with Crippen molar-refractivity contribution in [1.82, 2.24) is 20.4 Å². The molecule has 1 N–H and O–H groups in total. The molecule has 0 spiro atoms. The Morgan fingerprint density at radius 3 is 2.66 bits per heavy atom. The highest BCUT2D eigenvalue weighted by molar-refractivity contribution is 7.80. The molecule has 0 amide bonds. The number of hydrogen-bond acceptors (Lipinski definition) is 7. The maximum atomic E-state index is 5.83. The molecule has 1 aromatic heterocycles. The standard InChI is InChI=1S/C26H28N4O4S/c1-5-31-19-9-6-17(7-10-19)23-22(16(4)30(13-15(2)3)26(35)27-23)25-28-24(29-34-25)18-8-11-20-21(12-18)33-14-32-20/h6-12,15,23H,5,13-14H2,1-4H3,(H,27,35). The quantitative estimate of drug-likeness (QED) is 0.449. The van der Waals surface area contributed by atoms with Crippen LogP contribution in [-0.4, -0.2) is 40.1 Å². The van der Waals surface area contributed by atoms with E-state index in [4.69, 9.17) is 35.9 Å². The summed E-state index contributed by atoms with van der Waals surface area (Å²) in [5.74, 6) is 3.54. The van der Waals surface area contributed by atoms with E-state index in [1.165, 1.54) is 0 Å². The third-order valence-corrected chi connectivity index (χ3v) is 6.29. The molecule has 0 fully saturated rings. The molecule has 2 aliphatic rings. The van der Waals surface area contributed by atoms with Crippen LogP contribution in [0.15, 0.2) is 52.7 Å². The van der Waals surface area contributed by atoms with Crippen LogP contribution in [0.3, 0.4) is 0 Å². The van der Waals surface area contributed by atoms with E-state index in [9.17, 15) is 0 Å². The molecular weight excluding hydrogens is 464 g/mol. The fraction of sp³-hybridized carbons (Fsp3) is 0.346. The van der Waals surface area contributed by atoms with Gasteiger partial charge in [0.05, 0.1) is 18.2 Å². The monoisotopic (exact) mass is 492 g/mol. The number of rotatable bonds is 7. The molecule has 182 valence electrons. The van der Waals surface area contributed by atoms with Crippen LogP contribution in [0.25, 0.3) is 17.0 Å². The summed E-state index contributed by atoms with van der Waals surface area (Å²) in [6.45, 7) is 9.96. The first-order valence-corrected chi connectivity index (χ1v) is 12.1. The van der Waals surface area contributed by atoms with Crippen molar-refractivity contribution in [2.24, 2.45) is 5.92 Å². The summed E-state index contributed by atoms with van der Waals surface area (Å²) in [7, 11) is 0. The Morgan fingerprint density at radius 1 is 1.14 bits per heavy atom. The third-order valence-electron chi connectivity index (χ3n) is 5.96. The lowest BCUT2D eigenvalue weighted by molar-refractivity contribution is 0.174. The Kier molecular flexibility index (Phi) is 6.34. The number of aromatic nitrogens is 2. The highest BCUT2D eigenvalue weighted by Gasteiger charge is 2.34. The molecule has 9 heteroatoms. The van der Waals surface area contributed by atoms with Gasteiger partial charge in [0.25, 0.3) is 5.89 Å². The van der Waals surface area contributed by atoms with Gasteiger partial charge in [-0.3, -0.25) is 0 Å². The molecule has 0 radical (unpaired) electrons. The maximum Gasteiger partial charge on any atom is 0.258 e. The van der Waals surface area contributed by atoms with Crippen LogP contribution in [0.4, 0.5) is 0 Å². The molecule has 5 rings (SSSR count). The van der Waals surface area contributed by atoms with Crippen LogP contribution in [-0.2, 0) is 0 Å². The summed E-state index contributed by atoms with van der Waals surface area (Å²) < 4.78 is 22.4. The predicted molar refractivity (Wildman–Crippen MR) is 136 cm³/mol. The van der Waals surface area contributed by atoms with Gasteiger partial charge in [0, 0.05) is 17.8 Å². The first kappa shape index (κ1) is 23.2. The van der Waals surface area contributed by atoms with Crippen molar-refractivity contribution in [2.75, 3.05) is 19.9 Å². The van der Waals surface area contributed by atoms with Crippen LogP contribution in [0, 0.1) is 5.92 Å². The molecule has 8 nitrogen and oxygen atoms in total. The average Bonchev–Trinajstić information content (AvgIpc) is 3.51. The number of ether oxygens (including phenoxy) is 3. The van der Waals surface area contributed by atoms with Crippen molar-refractivity contribution in [2.45, 2.75) is 33.7 Å². The highest BCUT2D eigenvalue weighted by Crippen LogP contribution is 2.39. The number of hydrogen-bond donors (Lipinski definition) is 1. The topological polar surface area (TPSA) is 81.9 Å². The van der Waals surface area contributed by atoms with Crippen molar-refractivity contribution < 1.29 is 18.7 Å². The summed E-state index contributed by atoms with van der Waals surface area (Å²) in [4.78, 5) is 6.88. The summed E-state index contributed by atoms with van der Waals surface area (Å²) in [6.07, 6.45) is 0. The smallest absolute Gasteiger partial charge is 0.258 e. The lowest BCUT2D eigenvalue weighted by Gasteiger charge is -2.38. The number of thiocarbonyl (C=S) groups is 1. The zero-order valence-corrected chi connectivity index (χ0v) is 21.0. The van der Waals surface area contributed by atoms with Crippen molar-refractivity contribution in [1.29, 1.82) is 0 Å². The Morgan fingerprint density at radius 2 is 1.91 bits per heavy atom. The fourth-order valence-corrected chi connectivity index (χ4v) is 4.63. The number of nitrogens with one attached hydrogen (secondary N) is 1. The molecule has 0 saturated carbocycles. The van der Waals surface area contributed by atoms with Gasteiger partial charge in [-0.2, -0.15) is 4.98 Å². The Balaban J connectivity index is 1.55. The highest BCUT2D eigenvalue weighted by atomic mass is 32.1. The lowest BCUT2D eigenvalue weighted by Crippen LogP contribution is -2.47. The SMILES string of the molecule is CCOc1ccc(C2NC(=S)N(CC(C)C)C(C)=C2c2nc(-c3ccc4c(c3)OCO4)no2)cc1. The van der Waals surface area contributed by atoms with Crippen molar-refractivity contribution in [3.63, 3.8) is 0 Å². The predicted octanol–water partition coefficient (Wildman–Crippen LogP) is 5.18. The van der Waals surface area contributed by atoms with Gasteiger partial charge >= 0.3 is 0 Å². The van der Waals surface area contributed by atoms with Crippen LogP contribution < -0.4 is 19.5 Å². The van der Waals surface area contributed by atoms with Crippen molar-refractivity contribution in [3.05, 3.63) is 59.6 Å². The van der Waals surface area contributed by atoms with E-state index < -0.39 is 0 Å². The number of fused-ring (bicyclic) bond motifs is 1. The first-order valence-electron chi connectivity index (χ1n) is 11.7. The average molecular weight is 493 g/mol. The minimum absolute atomic E-state index is 0.212. The zero-order chi connectivity index (χ0) is 24.5. The zero-order valence-electron chi connectivity index (χ0n) is 20.2. The minimum atomic E-state index is -0.244. The van der Waals surface area contributed by atoms with Crippen LogP contribution in [0.5, 0.6) is 17.2 Å². The second kappa shape index (κ2) is 9.58. The van der Waals surface area contributed by atoms with Gasteiger partial charge in [-0.25, -0.2) is 0 Å². The molecule has 3 heterocycles. The minimum Gasteiger partial charge on any atom is -0.494 e. The van der Waals surface area contributed by atoms with E-state index in [-0.39, 0.29) is 12.8 Å². The summed E-state index contributed by atoms with van der Waals surface area (Å²) in [5, 5.41) is 8.45. The molecule has 1 unspecified atom stereocenters. The van der Waals surface area contributed by atoms with E-state index in [0.717, 1.165) is 34.7 Å². The number of allylic oxidation sites excluding steroid dienone is 1. The van der Waals surface area contributed by atoms with Gasteiger partial charge < -0.3 is 29.0 Å². The fourth-order valence-electron chi connectivity index (χ4n) is 4.30. The molecule has 2 aromatic carbocycles. The van der Waals surface area contributed by atoms with E-state index in [0.29, 0.717) is 40.9 Å². The number of nitrogens with zero attached hydrogens (tertiary/aromatic N) is 3. The van der Waals surface area contributed by atoms with Crippen LogP contribution in [0.1, 0.15) is 45.2 Å².